The van der Waals surface area contributed by atoms with Gasteiger partial charge >= 0.3 is 0 Å². The molecule has 0 saturated heterocycles. The molecule has 1 heterocycles. The Morgan fingerprint density at radius 2 is 2.00 bits per heavy atom. The van der Waals surface area contributed by atoms with Crippen LogP contribution in [-0.2, 0) is 6.54 Å². The average molecular weight is 271 g/mol. The Kier molecular flexibility index (Phi) is 4.30. The largest absolute Gasteiger partial charge is 0.496 e. The van der Waals surface area contributed by atoms with E-state index in [4.69, 9.17) is 4.74 Å². The van der Waals surface area contributed by atoms with Crippen LogP contribution in [0.25, 0.3) is 0 Å². The molecule has 0 atom stereocenters. The summed E-state index contributed by atoms with van der Waals surface area (Å²) in [7, 11) is 1.61. The molecule has 0 unspecified atom stereocenters. The number of benzene rings is 1. The number of carbonyl (C=O) groups is 1. The Hall–Kier alpha value is -2.43. The molecular formula is C15H17N3O2. The van der Waals surface area contributed by atoms with Gasteiger partial charge in [0.05, 0.1) is 7.11 Å². The number of methoxy groups -OCH3 is 1. The van der Waals surface area contributed by atoms with Crippen LogP contribution in [0.3, 0.4) is 0 Å². The van der Waals surface area contributed by atoms with Crippen LogP contribution in [0.2, 0.25) is 0 Å². The van der Waals surface area contributed by atoms with Crippen molar-refractivity contribution in [1.82, 2.24) is 15.3 Å². The van der Waals surface area contributed by atoms with Gasteiger partial charge in [-0.15, -0.1) is 0 Å². The number of amides is 1. The minimum absolute atomic E-state index is 0.218. The standard InChI is InChI=1S/C15H17N3O2/c1-10-8-13(18-11(2)17-10)15(19)16-9-12-6-4-5-7-14(12)20-3/h4-8H,9H2,1-3H3,(H,16,19). The van der Waals surface area contributed by atoms with Crippen LogP contribution >= 0.6 is 0 Å². The highest BCUT2D eigenvalue weighted by atomic mass is 16.5. The fourth-order valence-corrected chi connectivity index (χ4v) is 1.95. The number of hydrogen-bond acceptors (Lipinski definition) is 4. The summed E-state index contributed by atoms with van der Waals surface area (Å²) < 4.78 is 5.24. The molecule has 0 aliphatic carbocycles. The van der Waals surface area contributed by atoms with Crippen molar-refractivity contribution < 1.29 is 9.53 Å². The molecule has 0 spiro atoms. The Morgan fingerprint density at radius 1 is 1.25 bits per heavy atom. The van der Waals surface area contributed by atoms with Crippen molar-refractivity contribution in [3.05, 3.63) is 53.1 Å². The van der Waals surface area contributed by atoms with Crippen LogP contribution < -0.4 is 10.1 Å². The van der Waals surface area contributed by atoms with Crippen molar-refractivity contribution in [3.63, 3.8) is 0 Å². The van der Waals surface area contributed by atoms with Gasteiger partial charge in [-0.25, -0.2) is 9.97 Å². The maximum absolute atomic E-state index is 12.1. The van der Waals surface area contributed by atoms with Gasteiger partial charge in [-0.1, -0.05) is 18.2 Å². The molecule has 1 aromatic carbocycles. The van der Waals surface area contributed by atoms with E-state index in [2.05, 4.69) is 15.3 Å². The highest BCUT2D eigenvalue weighted by molar-refractivity contribution is 5.92. The van der Waals surface area contributed by atoms with Crippen LogP contribution in [0.4, 0.5) is 0 Å². The van der Waals surface area contributed by atoms with Gasteiger partial charge in [-0.3, -0.25) is 4.79 Å². The molecule has 1 N–H and O–H groups in total. The van der Waals surface area contributed by atoms with Gasteiger partial charge in [0.25, 0.3) is 5.91 Å². The van der Waals surface area contributed by atoms with Crippen molar-refractivity contribution in [2.45, 2.75) is 20.4 Å². The van der Waals surface area contributed by atoms with Crippen molar-refractivity contribution >= 4 is 5.91 Å². The lowest BCUT2D eigenvalue weighted by atomic mass is 10.2. The fourth-order valence-electron chi connectivity index (χ4n) is 1.95. The first-order chi connectivity index (χ1) is 9.60. The Bertz CT molecular complexity index is 606. The predicted molar refractivity (Wildman–Crippen MR) is 75.7 cm³/mol. The molecule has 0 bridgehead atoms. The maximum atomic E-state index is 12.1. The van der Waals surface area contributed by atoms with Gasteiger partial charge in [-0.05, 0) is 26.0 Å². The molecule has 5 heteroatoms. The number of rotatable bonds is 4. The Balaban J connectivity index is 2.08. The van der Waals surface area contributed by atoms with E-state index in [1.807, 2.05) is 31.2 Å². The Morgan fingerprint density at radius 3 is 2.70 bits per heavy atom. The summed E-state index contributed by atoms with van der Waals surface area (Å²) in [6, 6.07) is 9.24. The molecule has 1 amide bonds. The van der Waals surface area contributed by atoms with Crippen LogP contribution in [0.15, 0.2) is 30.3 Å². The third-order valence-electron chi connectivity index (χ3n) is 2.83. The van der Waals surface area contributed by atoms with Crippen molar-refractivity contribution in [2.24, 2.45) is 0 Å². The molecule has 5 nitrogen and oxygen atoms in total. The second-order valence-electron chi connectivity index (χ2n) is 4.44. The summed E-state index contributed by atoms with van der Waals surface area (Å²) in [5.41, 5.74) is 2.08. The van der Waals surface area contributed by atoms with Gasteiger partial charge in [0.2, 0.25) is 0 Å². The molecule has 0 aliphatic heterocycles. The van der Waals surface area contributed by atoms with E-state index in [0.29, 0.717) is 18.1 Å². The number of carbonyl (C=O) groups excluding carboxylic acids is 1. The third kappa shape index (κ3) is 3.32. The minimum atomic E-state index is -0.218. The molecule has 0 fully saturated rings. The SMILES string of the molecule is COc1ccccc1CNC(=O)c1cc(C)nc(C)n1. The first-order valence-electron chi connectivity index (χ1n) is 6.32. The van der Waals surface area contributed by atoms with E-state index < -0.39 is 0 Å². The lowest BCUT2D eigenvalue weighted by Crippen LogP contribution is -2.24. The number of hydrogen-bond donors (Lipinski definition) is 1. The van der Waals surface area contributed by atoms with Crippen molar-refractivity contribution in [3.8, 4) is 5.75 Å². The molecule has 0 radical (unpaired) electrons. The predicted octanol–water partition coefficient (Wildman–Crippen LogP) is 2.03. The summed E-state index contributed by atoms with van der Waals surface area (Å²) in [6.45, 7) is 4.00. The lowest BCUT2D eigenvalue weighted by molar-refractivity contribution is 0.0945. The highest BCUT2D eigenvalue weighted by Crippen LogP contribution is 2.16. The summed E-state index contributed by atoms with van der Waals surface area (Å²) in [5, 5.41) is 2.84. The lowest BCUT2D eigenvalue weighted by Gasteiger charge is -2.09. The summed E-state index contributed by atoms with van der Waals surface area (Å²) >= 11 is 0. The summed E-state index contributed by atoms with van der Waals surface area (Å²) in [6.07, 6.45) is 0. The number of aromatic nitrogens is 2. The monoisotopic (exact) mass is 271 g/mol. The number of nitrogens with one attached hydrogen (secondary N) is 1. The summed E-state index contributed by atoms with van der Waals surface area (Å²) in [5.74, 6) is 1.12. The minimum Gasteiger partial charge on any atom is -0.496 e. The fraction of sp³-hybridized carbons (Fsp3) is 0.267. The first kappa shape index (κ1) is 14.0. The second-order valence-corrected chi connectivity index (χ2v) is 4.44. The van der Waals surface area contributed by atoms with Gasteiger partial charge in [0, 0.05) is 17.8 Å². The van der Waals surface area contributed by atoms with Gasteiger partial charge in [-0.2, -0.15) is 0 Å². The molecule has 1 aromatic heterocycles. The normalized spacial score (nSPS) is 10.2. The number of aryl methyl sites for hydroxylation is 2. The molecule has 2 aromatic rings. The molecule has 0 aliphatic rings. The van der Waals surface area contributed by atoms with E-state index in [9.17, 15) is 4.79 Å². The van der Waals surface area contributed by atoms with Crippen LogP contribution in [0, 0.1) is 13.8 Å². The quantitative estimate of drug-likeness (QED) is 0.924. The number of para-hydroxylation sites is 1. The summed E-state index contributed by atoms with van der Waals surface area (Å²) in [4.78, 5) is 20.4. The molecule has 20 heavy (non-hydrogen) atoms. The third-order valence-corrected chi connectivity index (χ3v) is 2.83. The van der Waals surface area contributed by atoms with Crippen molar-refractivity contribution in [1.29, 1.82) is 0 Å². The topological polar surface area (TPSA) is 64.1 Å². The zero-order valence-corrected chi connectivity index (χ0v) is 11.8. The van der Waals surface area contributed by atoms with E-state index >= 15 is 0 Å². The van der Waals surface area contributed by atoms with E-state index in [0.717, 1.165) is 17.0 Å². The molecular weight excluding hydrogens is 254 g/mol. The van der Waals surface area contributed by atoms with Gasteiger partial charge in [0.1, 0.15) is 17.3 Å². The van der Waals surface area contributed by atoms with Crippen molar-refractivity contribution in [2.75, 3.05) is 7.11 Å². The van der Waals surface area contributed by atoms with Gasteiger partial charge in [0.15, 0.2) is 0 Å². The molecule has 0 saturated carbocycles. The molecule has 2 rings (SSSR count). The van der Waals surface area contributed by atoms with Crippen LogP contribution in [-0.4, -0.2) is 23.0 Å². The maximum Gasteiger partial charge on any atom is 0.270 e. The van der Waals surface area contributed by atoms with E-state index in [-0.39, 0.29) is 5.91 Å². The highest BCUT2D eigenvalue weighted by Gasteiger charge is 2.10. The zero-order chi connectivity index (χ0) is 14.5. The molecule has 104 valence electrons. The first-order valence-corrected chi connectivity index (χ1v) is 6.32. The Labute approximate surface area is 118 Å². The zero-order valence-electron chi connectivity index (χ0n) is 11.8. The van der Waals surface area contributed by atoms with Gasteiger partial charge < -0.3 is 10.1 Å². The average Bonchev–Trinajstić information content (AvgIpc) is 2.44. The number of nitrogens with zero attached hydrogens (tertiary/aromatic N) is 2. The second kappa shape index (κ2) is 6.14. The smallest absolute Gasteiger partial charge is 0.270 e. The van der Waals surface area contributed by atoms with E-state index in [1.54, 1.807) is 20.1 Å². The van der Waals surface area contributed by atoms with Crippen LogP contribution in [0.1, 0.15) is 27.6 Å². The number of ether oxygens (including phenoxy) is 1. The van der Waals surface area contributed by atoms with Crippen LogP contribution in [0.5, 0.6) is 5.75 Å². The van der Waals surface area contributed by atoms with E-state index in [1.165, 1.54) is 0 Å².